The van der Waals surface area contributed by atoms with Crippen LogP contribution in [0.4, 0.5) is 10.1 Å². The molecule has 1 N–H and O–H groups in total. The molecule has 0 spiro atoms. The molecule has 1 aromatic rings. The third-order valence-electron chi connectivity index (χ3n) is 4.08. The second kappa shape index (κ2) is 5.40. The van der Waals surface area contributed by atoms with Gasteiger partial charge in [-0.25, -0.2) is 4.39 Å². The Kier molecular flexibility index (Phi) is 3.73. The lowest BCUT2D eigenvalue weighted by Gasteiger charge is -2.38. The Morgan fingerprint density at radius 2 is 2.10 bits per heavy atom. The van der Waals surface area contributed by atoms with Gasteiger partial charge in [-0.15, -0.1) is 0 Å². The molecule has 2 amide bonds. The van der Waals surface area contributed by atoms with Gasteiger partial charge in [0.25, 0.3) is 5.91 Å². The van der Waals surface area contributed by atoms with Crippen molar-refractivity contribution in [1.82, 2.24) is 5.32 Å². The molecule has 1 heterocycles. The van der Waals surface area contributed by atoms with Crippen molar-refractivity contribution in [3.63, 3.8) is 0 Å². The van der Waals surface area contributed by atoms with Crippen LogP contribution in [0.5, 0.6) is 0 Å². The van der Waals surface area contributed by atoms with Gasteiger partial charge in [0.15, 0.2) is 0 Å². The average molecular weight is 355 g/mol. The van der Waals surface area contributed by atoms with Crippen LogP contribution >= 0.6 is 15.9 Å². The molecule has 1 aliphatic heterocycles. The second-order valence-corrected chi connectivity index (χ2v) is 6.41. The third kappa shape index (κ3) is 2.57. The number of rotatable bonds is 3. The summed E-state index contributed by atoms with van der Waals surface area (Å²) in [6, 6.07) is 3.42. The number of hydrogen-bond donors (Lipinski definition) is 1. The highest BCUT2D eigenvalue weighted by atomic mass is 79.9. The number of halogens is 2. The summed E-state index contributed by atoms with van der Waals surface area (Å²) in [5, 5.41) is 2.84. The van der Waals surface area contributed by atoms with E-state index in [4.69, 9.17) is 0 Å². The zero-order valence-corrected chi connectivity index (χ0v) is 13.2. The van der Waals surface area contributed by atoms with Crippen LogP contribution in [0.15, 0.2) is 22.7 Å². The van der Waals surface area contributed by atoms with Crippen molar-refractivity contribution in [3.8, 4) is 0 Å². The highest BCUT2D eigenvalue weighted by Crippen LogP contribution is 2.37. The van der Waals surface area contributed by atoms with Crippen LogP contribution < -0.4 is 10.2 Å². The Morgan fingerprint density at radius 1 is 1.38 bits per heavy atom. The standard InChI is InChI=1S/C15H16BrFN2O2/c1-2-12-14(20)18-13(8-3-4-8)15(21)19(12)9-5-6-11(17)10(16)7-9/h5-8,12-13H,2-4H2,1H3,(H,18,20). The lowest BCUT2D eigenvalue weighted by atomic mass is 10.0. The maximum absolute atomic E-state index is 13.4. The molecule has 112 valence electrons. The normalized spacial score (nSPS) is 26.0. The first-order valence-corrected chi connectivity index (χ1v) is 7.90. The summed E-state index contributed by atoms with van der Waals surface area (Å²) in [5.41, 5.74) is 0.556. The molecule has 21 heavy (non-hydrogen) atoms. The highest BCUT2D eigenvalue weighted by molar-refractivity contribution is 9.10. The lowest BCUT2D eigenvalue weighted by molar-refractivity contribution is -0.134. The minimum atomic E-state index is -0.537. The van der Waals surface area contributed by atoms with Crippen molar-refractivity contribution in [2.24, 2.45) is 5.92 Å². The molecule has 1 saturated heterocycles. The fourth-order valence-corrected chi connectivity index (χ4v) is 3.16. The van der Waals surface area contributed by atoms with E-state index in [9.17, 15) is 14.0 Å². The topological polar surface area (TPSA) is 49.4 Å². The summed E-state index contributed by atoms with van der Waals surface area (Å²) in [4.78, 5) is 26.5. The largest absolute Gasteiger partial charge is 0.342 e. The van der Waals surface area contributed by atoms with Gasteiger partial charge in [-0.05, 0) is 59.3 Å². The number of anilines is 1. The molecule has 0 bridgehead atoms. The summed E-state index contributed by atoms with van der Waals surface area (Å²) < 4.78 is 13.7. The van der Waals surface area contributed by atoms with Crippen LogP contribution in [0.1, 0.15) is 26.2 Å². The first kappa shape index (κ1) is 14.5. The number of benzene rings is 1. The van der Waals surface area contributed by atoms with Crippen LogP contribution in [0.2, 0.25) is 0 Å². The smallest absolute Gasteiger partial charge is 0.250 e. The summed E-state index contributed by atoms with van der Waals surface area (Å²) in [6.45, 7) is 1.86. The van der Waals surface area contributed by atoms with Crippen molar-refractivity contribution < 1.29 is 14.0 Å². The van der Waals surface area contributed by atoms with E-state index in [1.165, 1.54) is 11.0 Å². The Bertz CT molecular complexity index is 603. The summed E-state index contributed by atoms with van der Waals surface area (Å²) in [5.74, 6) is -0.373. The van der Waals surface area contributed by atoms with E-state index in [1.807, 2.05) is 6.92 Å². The predicted octanol–water partition coefficient (Wildman–Crippen LogP) is 2.61. The number of nitrogens with zero attached hydrogens (tertiary/aromatic N) is 1. The van der Waals surface area contributed by atoms with E-state index in [1.54, 1.807) is 12.1 Å². The number of hydrogen-bond acceptors (Lipinski definition) is 2. The van der Waals surface area contributed by atoms with Crippen LogP contribution in [-0.2, 0) is 9.59 Å². The zero-order valence-electron chi connectivity index (χ0n) is 11.6. The molecule has 0 aromatic heterocycles. The van der Waals surface area contributed by atoms with Gasteiger partial charge in [0.05, 0.1) is 4.47 Å². The monoisotopic (exact) mass is 354 g/mol. The fraction of sp³-hybridized carbons (Fsp3) is 0.467. The summed E-state index contributed by atoms with van der Waals surface area (Å²) >= 11 is 3.13. The molecule has 1 saturated carbocycles. The maximum Gasteiger partial charge on any atom is 0.250 e. The zero-order chi connectivity index (χ0) is 15.1. The molecule has 2 fully saturated rings. The van der Waals surface area contributed by atoms with Crippen molar-refractivity contribution in [1.29, 1.82) is 0 Å². The first-order valence-electron chi connectivity index (χ1n) is 7.11. The van der Waals surface area contributed by atoms with E-state index in [2.05, 4.69) is 21.2 Å². The molecule has 6 heteroatoms. The van der Waals surface area contributed by atoms with Crippen molar-refractivity contribution in [3.05, 3.63) is 28.5 Å². The Hall–Kier alpha value is -1.43. The molecular weight excluding hydrogens is 339 g/mol. The Labute approximate surface area is 130 Å². The van der Waals surface area contributed by atoms with Gasteiger partial charge in [0, 0.05) is 5.69 Å². The van der Waals surface area contributed by atoms with E-state index in [0.29, 0.717) is 12.1 Å². The van der Waals surface area contributed by atoms with Gasteiger partial charge in [-0.3, -0.25) is 14.5 Å². The van der Waals surface area contributed by atoms with Crippen LogP contribution in [0, 0.1) is 11.7 Å². The summed E-state index contributed by atoms with van der Waals surface area (Å²) in [7, 11) is 0. The van der Waals surface area contributed by atoms with Crippen LogP contribution in [-0.4, -0.2) is 23.9 Å². The van der Waals surface area contributed by atoms with E-state index in [0.717, 1.165) is 12.8 Å². The first-order chi connectivity index (χ1) is 10.0. The lowest BCUT2D eigenvalue weighted by Crippen LogP contribution is -2.64. The van der Waals surface area contributed by atoms with Gasteiger partial charge < -0.3 is 5.32 Å². The van der Waals surface area contributed by atoms with E-state index >= 15 is 0 Å². The molecule has 0 radical (unpaired) electrons. The molecule has 2 aliphatic rings. The van der Waals surface area contributed by atoms with Gasteiger partial charge >= 0.3 is 0 Å². The maximum atomic E-state index is 13.4. The highest BCUT2D eigenvalue weighted by Gasteiger charge is 2.46. The van der Waals surface area contributed by atoms with Gasteiger partial charge in [-0.2, -0.15) is 0 Å². The molecular formula is C15H16BrFN2O2. The van der Waals surface area contributed by atoms with Crippen molar-refractivity contribution >= 4 is 33.4 Å². The van der Waals surface area contributed by atoms with E-state index < -0.39 is 12.1 Å². The molecule has 2 unspecified atom stereocenters. The molecule has 4 nitrogen and oxygen atoms in total. The molecule has 2 atom stereocenters. The number of nitrogens with one attached hydrogen (secondary N) is 1. The fourth-order valence-electron chi connectivity index (χ4n) is 2.79. The molecule has 3 rings (SSSR count). The minimum absolute atomic E-state index is 0.0949. The average Bonchev–Trinajstić information content (AvgIpc) is 3.28. The number of carbonyl (C=O) groups is 2. The van der Waals surface area contributed by atoms with Gasteiger partial charge in [0.2, 0.25) is 5.91 Å². The minimum Gasteiger partial charge on any atom is -0.342 e. The Balaban J connectivity index is 1.99. The van der Waals surface area contributed by atoms with Crippen molar-refractivity contribution in [2.45, 2.75) is 38.3 Å². The Morgan fingerprint density at radius 3 is 2.67 bits per heavy atom. The van der Waals surface area contributed by atoms with Crippen molar-refractivity contribution in [2.75, 3.05) is 4.90 Å². The predicted molar refractivity (Wildman–Crippen MR) is 80.3 cm³/mol. The number of carbonyl (C=O) groups excluding carboxylic acids is 2. The SMILES string of the molecule is CCC1C(=O)NC(C2CC2)C(=O)N1c1ccc(F)c(Br)c1. The third-order valence-corrected chi connectivity index (χ3v) is 4.68. The molecule has 1 aromatic carbocycles. The van der Waals surface area contributed by atoms with Crippen LogP contribution in [0.3, 0.4) is 0 Å². The number of amides is 2. The van der Waals surface area contributed by atoms with E-state index in [-0.39, 0.29) is 28.0 Å². The quantitative estimate of drug-likeness (QED) is 0.906. The molecule has 1 aliphatic carbocycles. The number of piperazine rings is 1. The van der Waals surface area contributed by atoms with Crippen LogP contribution in [0.25, 0.3) is 0 Å². The van der Waals surface area contributed by atoms with Gasteiger partial charge in [-0.1, -0.05) is 6.92 Å². The van der Waals surface area contributed by atoms with Gasteiger partial charge in [0.1, 0.15) is 17.9 Å². The second-order valence-electron chi connectivity index (χ2n) is 5.55. The summed E-state index contributed by atoms with van der Waals surface area (Å²) in [6.07, 6.45) is 2.45.